The lowest BCUT2D eigenvalue weighted by atomic mass is 9.81. The van der Waals surface area contributed by atoms with E-state index < -0.39 is 7.12 Å². The summed E-state index contributed by atoms with van der Waals surface area (Å²) < 4.78 is 18.5. The molecule has 1 aliphatic heterocycles. The van der Waals surface area contributed by atoms with Crippen molar-refractivity contribution in [2.75, 3.05) is 0 Å². The Morgan fingerprint density at radius 3 is 2.27 bits per heavy atom. The molecule has 1 saturated heterocycles. The van der Waals surface area contributed by atoms with Gasteiger partial charge in [0.2, 0.25) is 0 Å². The standard InChI is InChI=1S/C17H26BNO3/c1-11(2)13-9-10-19-15(14(13)20-12-7-8-12)18-21-16(3,4)17(5,6)22-18/h9-12H,7-8H2,1-6H3. The van der Waals surface area contributed by atoms with E-state index in [1.54, 1.807) is 0 Å². The Bertz CT molecular complexity index is 551. The molecular formula is C17H26BNO3. The highest BCUT2D eigenvalue weighted by atomic mass is 16.7. The van der Waals surface area contributed by atoms with Gasteiger partial charge in [0.1, 0.15) is 11.3 Å². The van der Waals surface area contributed by atoms with Crippen molar-refractivity contribution < 1.29 is 14.0 Å². The lowest BCUT2D eigenvalue weighted by Crippen LogP contribution is -2.41. The average molecular weight is 303 g/mol. The number of hydrogen-bond acceptors (Lipinski definition) is 4. The van der Waals surface area contributed by atoms with Crippen molar-refractivity contribution >= 4 is 12.7 Å². The van der Waals surface area contributed by atoms with E-state index in [9.17, 15) is 0 Å². The van der Waals surface area contributed by atoms with E-state index in [0.717, 1.165) is 24.2 Å². The van der Waals surface area contributed by atoms with E-state index in [-0.39, 0.29) is 11.2 Å². The number of ether oxygens (including phenoxy) is 1. The first-order valence-corrected chi connectivity index (χ1v) is 8.22. The molecule has 3 rings (SSSR count). The first-order chi connectivity index (χ1) is 10.2. The molecule has 2 fully saturated rings. The normalized spacial score (nSPS) is 23.1. The van der Waals surface area contributed by atoms with Crippen LogP contribution in [0.25, 0.3) is 0 Å². The minimum absolute atomic E-state index is 0.322. The van der Waals surface area contributed by atoms with Crippen molar-refractivity contribution in [3.63, 3.8) is 0 Å². The predicted molar refractivity (Wildman–Crippen MR) is 87.7 cm³/mol. The lowest BCUT2D eigenvalue weighted by Gasteiger charge is -2.32. The third-order valence-corrected chi connectivity index (χ3v) is 4.87. The second-order valence-corrected chi connectivity index (χ2v) is 7.67. The molecule has 0 N–H and O–H groups in total. The van der Waals surface area contributed by atoms with Gasteiger partial charge in [0.05, 0.1) is 17.3 Å². The zero-order valence-electron chi connectivity index (χ0n) is 14.5. The maximum absolute atomic E-state index is 6.18. The van der Waals surface area contributed by atoms with Crippen molar-refractivity contribution in [1.29, 1.82) is 0 Å². The van der Waals surface area contributed by atoms with Gasteiger partial charge in [-0.15, -0.1) is 0 Å². The monoisotopic (exact) mass is 303 g/mol. The lowest BCUT2D eigenvalue weighted by molar-refractivity contribution is 0.00578. The van der Waals surface area contributed by atoms with Gasteiger partial charge in [-0.05, 0) is 58.1 Å². The fraction of sp³-hybridized carbons (Fsp3) is 0.706. The van der Waals surface area contributed by atoms with Crippen LogP contribution in [0.1, 0.15) is 65.9 Å². The maximum atomic E-state index is 6.18. The second-order valence-electron chi connectivity index (χ2n) is 7.67. The van der Waals surface area contributed by atoms with Crippen LogP contribution in [0.5, 0.6) is 5.75 Å². The van der Waals surface area contributed by atoms with Gasteiger partial charge in [0.25, 0.3) is 0 Å². The van der Waals surface area contributed by atoms with Gasteiger partial charge in [-0.25, -0.2) is 0 Å². The second kappa shape index (κ2) is 5.24. The molecule has 0 atom stereocenters. The number of aromatic nitrogens is 1. The van der Waals surface area contributed by atoms with Crippen LogP contribution >= 0.6 is 0 Å². The summed E-state index contributed by atoms with van der Waals surface area (Å²) in [5, 5.41) is 0. The van der Waals surface area contributed by atoms with E-state index in [2.05, 4.69) is 46.5 Å². The van der Waals surface area contributed by atoms with Crippen molar-refractivity contribution in [3.05, 3.63) is 17.8 Å². The highest BCUT2D eigenvalue weighted by Crippen LogP contribution is 2.38. The van der Waals surface area contributed by atoms with Crippen LogP contribution < -0.4 is 10.3 Å². The van der Waals surface area contributed by atoms with Gasteiger partial charge in [-0.1, -0.05) is 13.8 Å². The molecule has 5 heteroatoms. The Kier molecular flexibility index (Phi) is 3.77. The summed E-state index contributed by atoms with van der Waals surface area (Å²) in [7, 11) is -0.475. The number of nitrogens with zero attached hydrogens (tertiary/aromatic N) is 1. The van der Waals surface area contributed by atoms with Crippen molar-refractivity contribution in [3.8, 4) is 5.75 Å². The Morgan fingerprint density at radius 2 is 1.77 bits per heavy atom. The Balaban J connectivity index is 1.98. The molecule has 1 aromatic rings. The quantitative estimate of drug-likeness (QED) is 0.802. The topological polar surface area (TPSA) is 40.6 Å². The summed E-state index contributed by atoms with van der Waals surface area (Å²) in [6.07, 6.45) is 4.39. The largest absolute Gasteiger partial charge is 0.518 e. The summed E-state index contributed by atoms with van der Waals surface area (Å²) in [6.45, 7) is 12.6. The number of hydrogen-bond donors (Lipinski definition) is 0. The molecule has 0 amide bonds. The first kappa shape index (κ1) is 15.8. The number of pyridine rings is 1. The summed E-state index contributed by atoms with van der Waals surface area (Å²) in [5.41, 5.74) is 1.21. The van der Waals surface area contributed by atoms with E-state index in [1.807, 2.05) is 12.3 Å². The van der Waals surface area contributed by atoms with Gasteiger partial charge < -0.3 is 14.0 Å². The fourth-order valence-corrected chi connectivity index (χ4v) is 2.54. The highest BCUT2D eigenvalue weighted by Gasteiger charge is 2.53. The molecule has 0 radical (unpaired) electrons. The van der Waals surface area contributed by atoms with E-state index in [1.165, 1.54) is 5.56 Å². The van der Waals surface area contributed by atoms with Crippen LogP contribution in [0.2, 0.25) is 0 Å². The molecule has 2 heterocycles. The highest BCUT2D eigenvalue weighted by molar-refractivity contribution is 6.62. The van der Waals surface area contributed by atoms with Crippen LogP contribution in [0, 0.1) is 0 Å². The van der Waals surface area contributed by atoms with Crippen LogP contribution in [-0.2, 0) is 9.31 Å². The van der Waals surface area contributed by atoms with Gasteiger partial charge in [-0.3, -0.25) is 4.98 Å². The fourth-order valence-electron chi connectivity index (χ4n) is 2.54. The minimum Gasteiger partial charge on any atom is -0.489 e. The first-order valence-electron chi connectivity index (χ1n) is 8.22. The molecule has 1 aromatic heterocycles. The molecular weight excluding hydrogens is 277 g/mol. The molecule has 0 aromatic carbocycles. The smallest absolute Gasteiger partial charge is 0.489 e. The van der Waals surface area contributed by atoms with Crippen molar-refractivity contribution in [2.24, 2.45) is 0 Å². The SMILES string of the molecule is CC(C)c1ccnc(B2OC(C)(C)C(C)(C)O2)c1OC1CC1. The average Bonchev–Trinajstić information content (AvgIpc) is 3.17. The summed E-state index contributed by atoms with van der Waals surface area (Å²) in [5.74, 6) is 1.23. The van der Waals surface area contributed by atoms with Gasteiger partial charge >= 0.3 is 7.12 Å². The van der Waals surface area contributed by atoms with Crippen LogP contribution in [0.15, 0.2) is 12.3 Å². The van der Waals surface area contributed by atoms with Crippen LogP contribution in [0.4, 0.5) is 0 Å². The van der Waals surface area contributed by atoms with E-state index in [4.69, 9.17) is 14.0 Å². The van der Waals surface area contributed by atoms with E-state index in [0.29, 0.717) is 12.0 Å². The Labute approximate surface area is 133 Å². The summed E-state index contributed by atoms with van der Waals surface area (Å²) >= 11 is 0. The molecule has 0 unspecified atom stereocenters. The molecule has 2 aliphatic rings. The Morgan fingerprint density at radius 1 is 1.18 bits per heavy atom. The molecule has 1 aliphatic carbocycles. The third kappa shape index (κ3) is 2.76. The third-order valence-electron chi connectivity index (χ3n) is 4.87. The van der Waals surface area contributed by atoms with Crippen molar-refractivity contribution in [2.45, 2.75) is 77.6 Å². The van der Waals surface area contributed by atoms with Gasteiger partial charge in [0, 0.05) is 6.20 Å². The Hall–Kier alpha value is -1.07. The molecule has 0 bridgehead atoms. The zero-order chi connectivity index (χ0) is 16.1. The predicted octanol–water partition coefficient (Wildman–Crippen LogP) is 3.05. The van der Waals surface area contributed by atoms with E-state index >= 15 is 0 Å². The minimum atomic E-state index is -0.475. The van der Waals surface area contributed by atoms with Gasteiger partial charge in [0.15, 0.2) is 0 Å². The molecule has 4 nitrogen and oxygen atoms in total. The van der Waals surface area contributed by atoms with Crippen LogP contribution in [0.3, 0.4) is 0 Å². The number of rotatable bonds is 4. The zero-order valence-corrected chi connectivity index (χ0v) is 14.5. The molecule has 120 valence electrons. The van der Waals surface area contributed by atoms with Gasteiger partial charge in [-0.2, -0.15) is 0 Å². The summed E-state index contributed by atoms with van der Waals surface area (Å²) in [4.78, 5) is 4.54. The van der Waals surface area contributed by atoms with Crippen LogP contribution in [-0.4, -0.2) is 29.4 Å². The van der Waals surface area contributed by atoms with Crippen molar-refractivity contribution in [1.82, 2.24) is 4.98 Å². The molecule has 0 spiro atoms. The molecule has 1 saturated carbocycles. The molecule has 22 heavy (non-hydrogen) atoms. The maximum Gasteiger partial charge on any atom is 0.518 e. The summed E-state index contributed by atoms with van der Waals surface area (Å²) in [6, 6.07) is 2.04.